The highest BCUT2D eigenvalue weighted by Crippen LogP contribution is 2.14. The van der Waals surface area contributed by atoms with Crippen molar-refractivity contribution in [2.75, 3.05) is 11.9 Å². The minimum Gasteiger partial charge on any atom is -0.469 e. The van der Waals surface area contributed by atoms with E-state index in [1.165, 1.54) is 0 Å². The Bertz CT molecular complexity index is 938. The van der Waals surface area contributed by atoms with Crippen LogP contribution in [0.2, 0.25) is 0 Å². The zero-order valence-electron chi connectivity index (χ0n) is 16.2. The number of hydrogen-bond acceptors (Lipinski definition) is 7. The van der Waals surface area contributed by atoms with E-state index in [1.807, 2.05) is 50.2 Å². The third-order valence-corrected chi connectivity index (χ3v) is 4.82. The lowest BCUT2D eigenvalue weighted by Crippen LogP contribution is -2.36. The van der Waals surface area contributed by atoms with E-state index in [1.54, 1.807) is 6.26 Å². The van der Waals surface area contributed by atoms with Crippen LogP contribution in [0.15, 0.2) is 47.1 Å². The minimum absolute atomic E-state index is 0.0733. The Morgan fingerprint density at radius 3 is 2.72 bits per heavy atom. The minimum atomic E-state index is -0.331. The molecular formula is C20H22N4O4S. The second-order valence-corrected chi connectivity index (χ2v) is 7.63. The van der Waals surface area contributed by atoms with Gasteiger partial charge in [0.05, 0.1) is 6.26 Å². The van der Waals surface area contributed by atoms with Crippen LogP contribution in [0, 0.1) is 6.92 Å². The number of aryl methyl sites for hydroxylation is 1. The average Bonchev–Trinajstić information content (AvgIpc) is 3.35. The number of carbonyl (C=O) groups excluding carboxylic acids is 2. The molecule has 9 heteroatoms. The summed E-state index contributed by atoms with van der Waals surface area (Å²) in [5.74, 6) is 0.247. The van der Waals surface area contributed by atoms with Gasteiger partial charge in [-0.3, -0.25) is 9.59 Å². The Morgan fingerprint density at radius 1 is 1.21 bits per heavy atom. The zero-order valence-corrected chi connectivity index (χ0v) is 17.0. The number of ether oxygens (including phenoxy) is 1. The maximum Gasteiger partial charge on any atom is 0.286 e. The van der Waals surface area contributed by atoms with Crippen molar-refractivity contribution < 1.29 is 18.7 Å². The molecular weight excluding hydrogens is 392 g/mol. The summed E-state index contributed by atoms with van der Waals surface area (Å²) in [4.78, 5) is 24.2. The number of amides is 2. The Hall–Kier alpha value is -3.04. The molecule has 0 aliphatic heterocycles. The molecule has 2 aromatic heterocycles. The molecule has 0 aliphatic rings. The summed E-state index contributed by atoms with van der Waals surface area (Å²) in [6, 6.07) is 11.1. The number of nitrogens with one attached hydrogen (secondary N) is 2. The number of anilines is 1. The number of benzene rings is 1. The van der Waals surface area contributed by atoms with E-state index in [0.29, 0.717) is 17.1 Å². The van der Waals surface area contributed by atoms with Crippen molar-refractivity contribution in [2.24, 2.45) is 0 Å². The fraction of sp³-hybridized carbons (Fsp3) is 0.300. The molecule has 1 aromatic carbocycles. The first kappa shape index (κ1) is 20.7. The summed E-state index contributed by atoms with van der Waals surface area (Å²) in [5, 5.41) is 14.2. The highest BCUT2D eigenvalue weighted by Gasteiger charge is 2.14. The molecule has 2 N–H and O–H groups in total. The van der Waals surface area contributed by atoms with E-state index in [2.05, 4.69) is 20.8 Å². The molecule has 3 rings (SSSR count). The molecule has 2 amide bonds. The van der Waals surface area contributed by atoms with Crippen LogP contribution in [0.3, 0.4) is 0 Å². The number of nitrogens with zero attached hydrogens (tertiary/aromatic N) is 2. The molecule has 2 heterocycles. The molecule has 3 aromatic rings. The Labute approximate surface area is 172 Å². The number of hydrogen-bond donors (Lipinski definition) is 2. The van der Waals surface area contributed by atoms with Crippen LogP contribution in [0.25, 0.3) is 0 Å². The molecule has 0 saturated heterocycles. The van der Waals surface area contributed by atoms with E-state index in [9.17, 15) is 9.59 Å². The van der Waals surface area contributed by atoms with Gasteiger partial charge in [-0.05, 0) is 38.1 Å². The third-order valence-electron chi connectivity index (χ3n) is 3.92. The smallest absolute Gasteiger partial charge is 0.286 e. The second-order valence-electron chi connectivity index (χ2n) is 6.57. The van der Waals surface area contributed by atoms with Crippen LogP contribution in [-0.4, -0.2) is 34.7 Å². The average molecular weight is 414 g/mol. The highest BCUT2D eigenvalue weighted by molar-refractivity contribution is 7.13. The van der Waals surface area contributed by atoms with E-state index >= 15 is 0 Å². The first-order chi connectivity index (χ1) is 14.0. The lowest BCUT2D eigenvalue weighted by molar-refractivity contribution is -0.126. The predicted octanol–water partition coefficient (Wildman–Crippen LogP) is 2.96. The molecule has 0 saturated carbocycles. The quantitative estimate of drug-likeness (QED) is 0.558. The van der Waals surface area contributed by atoms with Gasteiger partial charge in [-0.1, -0.05) is 29.0 Å². The van der Waals surface area contributed by atoms with Gasteiger partial charge in [0.1, 0.15) is 24.0 Å². The van der Waals surface area contributed by atoms with Gasteiger partial charge in [-0.25, -0.2) is 0 Å². The van der Waals surface area contributed by atoms with Gasteiger partial charge in [0, 0.05) is 18.2 Å². The van der Waals surface area contributed by atoms with Gasteiger partial charge in [0.25, 0.3) is 5.91 Å². The predicted molar refractivity (Wildman–Crippen MR) is 109 cm³/mol. The first-order valence-electron chi connectivity index (χ1n) is 9.09. The molecule has 152 valence electrons. The molecule has 8 nitrogen and oxygen atoms in total. The normalized spacial score (nSPS) is 11.8. The molecule has 0 aliphatic carbocycles. The van der Waals surface area contributed by atoms with Crippen LogP contribution in [0.4, 0.5) is 5.69 Å². The van der Waals surface area contributed by atoms with Crippen molar-refractivity contribution in [1.82, 2.24) is 15.5 Å². The van der Waals surface area contributed by atoms with Gasteiger partial charge in [0.15, 0.2) is 0 Å². The molecule has 29 heavy (non-hydrogen) atoms. The van der Waals surface area contributed by atoms with Crippen molar-refractivity contribution >= 4 is 28.8 Å². The summed E-state index contributed by atoms with van der Waals surface area (Å²) in [5.41, 5.74) is 1.80. The fourth-order valence-corrected chi connectivity index (χ4v) is 3.23. The fourth-order valence-electron chi connectivity index (χ4n) is 2.55. The molecule has 0 unspecified atom stereocenters. The Balaban J connectivity index is 1.40. The highest BCUT2D eigenvalue weighted by atomic mass is 32.1. The zero-order chi connectivity index (χ0) is 20.6. The molecule has 0 fully saturated rings. The standard InChI is InChI=1S/C20H22N4O4S/c1-13-5-7-15(8-6-13)22-19(26)20-24-23-18(29-20)12-27-11-17(25)21-14(2)10-16-4-3-9-28-16/h3-9,14H,10-12H2,1-2H3,(H,21,25)(H,22,26)/t14-/m1/s1. The van der Waals surface area contributed by atoms with Crippen LogP contribution < -0.4 is 10.6 Å². The van der Waals surface area contributed by atoms with E-state index in [4.69, 9.17) is 9.15 Å². The summed E-state index contributed by atoms with van der Waals surface area (Å²) < 4.78 is 10.6. The number of aromatic nitrogens is 2. The summed E-state index contributed by atoms with van der Waals surface area (Å²) >= 11 is 1.13. The Kier molecular flexibility index (Phi) is 7.09. The molecule has 0 radical (unpaired) electrons. The monoisotopic (exact) mass is 414 g/mol. The van der Waals surface area contributed by atoms with Crippen molar-refractivity contribution in [2.45, 2.75) is 32.9 Å². The third kappa shape index (κ3) is 6.51. The van der Waals surface area contributed by atoms with Crippen molar-refractivity contribution in [3.8, 4) is 0 Å². The van der Waals surface area contributed by atoms with E-state index in [0.717, 1.165) is 22.7 Å². The maximum atomic E-state index is 12.2. The summed E-state index contributed by atoms with van der Waals surface area (Å²) in [6.07, 6.45) is 2.21. The molecule has 1 atom stereocenters. The molecule has 0 bridgehead atoms. The van der Waals surface area contributed by atoms with Crippen LogP contribution in [0.1, 0.15) is 33.1 Å². The van der Waals surface area contributed by atoms with Crippen molar-refractivity contribution in [1.29, 1.82) is 0 Å². The van der Waals surface area contributed by atoms with E-state index in [-0.39, 0.29) is 36.1 Å². The number of furan rings is 1. The Morgan fingerprint density at radius 2 is 2.00 bits per heavy atom. The van der Waals surface area contributed by atoms with Crippen LogP contribution >= 0.6 is 11.3 Å². The van der Waals surface area contributed by atoms with Gasteiger partial charge < -0.3 is 19.8 Å². The van der Waals surface area contributed by atoms with Crippen molar-refractivity contribution in [3.05, 3.63) is 64.0 Å². The largest absolute Gasteiger partial charge is 0.469 e. The lowest BCUT2D eigenvalue weighted by atomic mass is 10.2. The lowest BCUT2D eigenvalue weighted by Gasteiger charge is -2.12. The topological polar surface area (TPSA) is 106 Å². The van der Waals surface area contributed by atoms with Gasteiger partial charge in [-0.2, -0.15) is 0 Å². The SMILES string of the molecule is Cc1ccc(NC(=O)c2nnc(COCC(=O)N[C@H](C)Cc3ccco3)s2)cc1. The second kappa shape index (κ2) is 9.94. The van der Waals surface area contributed by atoms with E-state index < -0.39 is 0 Å². The number of carbonyl (C=O) groups is 2. The maximum absolute atomic E-state index is 12.2. The van der Waals surface area contributed by atoms with Gasteiger partial charge in [0.2, 0.25) is 10.9 Å². The van der Waals surface area contributed by atoms with Crippen LogP contribution in [0.5, 0.6) is 0 Å². The summed E-state index contributed by atoms with van der Waals surface area (Å²) in [6.45, 7) is 3.87. The van der Waals surface area contributed by atoms with Crippen molar-refractivity contribution in [3.63, 3.8) is 0 Å². The first-order valence-corrected chi connectivity index (χ1v) is 9.91. The summed E-state index contributed by atoms with van der Waals surface area (Å²) in [7, 11) is 0. The molecule has 0 spiro atoms. The van der Waals surface area contributed by atoms with Gasteiger partial charge >= 0.3 is 0 Å². The van der Waals surface area contributed by atoms with Gasteiger partial charge in [-0.15, -0.1) is 10.2 Å². The number of rotatable bonds is 9. The van der Waals surface area contributed by atoms with Crippen LogP contribution in [-0.2, 0) is 22.6 Å².